The van der Waals surface area contributed by atoms with Crippen molar-refractivity contribution in [3.05, 3.63) is 59.4 Å². The SMILES string of the molecule is COC(=O)[C@]1(c2ccnnc2)CC[C@H](N(C(=O)c2ccc([C@](C)(O)C(F)(F)F)cc2)C2CC2)CC1. The largest absolute Gasteiger partial charge is 0.468 e. The van der Waals surface area contributed by atoms with Gasteiger partial charge in [0.25, 0.3) is 5.91 Å². The smallest absolute Gasteiger partial charge is 0.421 e. The first-order valence-corrected chi connectivity index (χ1v) is 11.6. The lowest BCUT2D eigenvalue weighted by Crippen LogP contribution is -2.49. The molecule has 2 saturated carbocycles. The first-order chi connectivity index (χ1) is 16.5. The predicted octanol–water partition coefficient (Wildman–Crippen LogP) is 3.90. The van der Waals surface area contributed by atoms with Crippen LogP contribution in [0.2, 0.25) is 0 Å². The van der Waals surface area contributed by atoms with Crippen molar-refractivity contribution >= 4 is 11.9 Å². The molecule has 0 saturated heterocycles. The zero-order valence-electron chi connectivity index (χ0n) is 19.6. The molecule has 7 nitrogen and oxygen atoms in total. The van der Waals surface area contributed by atoms with Gasteiger partial charge in [-0.3, -0.25) is 9.59 Å². The number of rotatable bonds is 6. The molecule has 1 aromatic carbocycles. The third-order valence-corrected chi connectivity index (χ3v) is 7.34. The Morgan fingerprint density at radius 3 is 2.11 bits per heavy atom. The van der Waals surface area contributed by atoms with Gasteiger partial charge >= 0.3 is 12.1 Å². The second-order valence-corrected chi connectivity index (χ2v) is 9.53. The van der Waals surface area contributed by atoms with E-state index >= 15 is 0 Å². The summed E-state index contributed by atoms with van der Waals surface area (Å²) in [4.78, 5) is 28.1. The fourth-order valence-electron chi connectivity index (χ4n) is 4.99. The van der Waals surface area contributed by atoms with Crippen LogP contribution in [0.5, 0.6) is 0 Å². The molecule has 1 amide bonds. The number of benzene rings is 1. The van der Waals surface area contributed by atoms with E-state index in [4.69, 9.17) is 4.74 Å². The maximum Gasteiger partial charge on any atom is 0.421 e. The summed E-state index contributed by atoms with van der Waals surface area (Å²) < 4.78 is 44.6. The summed E-state index contributed by atoms with van der Waals surface area (Å²) in [5.41, 5.74) is -3.19. The highest BCUT2D eigenvalue weighted by atomic mass is 19.4. The van der Waals surface area contributed by atoms with E-state index in [-0.39, 0.29) is 35.1 Å². The first kappa shape index (κ1) is 25.1. The fraction of sp³-hybridized carbons (Fsp3) is 0.520. The van der Waals surface area contributed by atoms with E-state index in [0.29, 0.717) is 32.6 Å². The Hall–Kier alpha value is -3.01. The van der Waals surface area contributed by atoms with Gasteiger partial charge in [0, 0.05) is 23.8 Å². The van der Waals surface area contributed by atoms with Gasteiger partial charge in [0.1, 0.15) is 0 Å². The number of carbonyl (C=O) groups is 2. The van der Waals surface area contributed by atoms with Gasteiger partial charge in [-0.15, -0.1) is 0 Å². The lowest BCUT2D eigenvalue weighted by molar-refractivity contribution is -0.258. The highest BCUT2D eigenvalue weighted by Crippen LogP contribution is 2.44. The number of esters is 1. The van der Waals surface area contributed by atoms with Gasteiger partial charge < -0.3 is 14.7 Å². The minimum Gasteiger partial charge on any atom is -0.468 e. The van der Waals surface area contributed by atoms with Crippen LogP contribution in [0.15, 0.2) is 42.7 Å². The number of alkyl halides is 3. The average Bonchev–Trinajstić information content (AvgIpc) is 3.69. The molecule has 2 aliphatic rings. The number of methoxy groups -OCH3 is 1. The highest BCUT2D eigenvalue weighted by Gasteiger charge is 2.51. The van der Waals surface area contributed by atoms with Crippen molar-refractivity contribution in [3.63, 3.8) is 0 Å². The minimum absolute atomic E-state index is 0.0682. The maximum atomic E-state index is 13.4. The quantitative estimate of drug-likeness (QED) is 0.616. The van der Waals surface area contributed by atoms with Crippen LogP contribution in [-0.4, -0.2) is 57.5 Å². The van der Waals surface area contributed by atoms with Crippen LogP contribution in [-0.2, 0) is 20.5 Å². The van der Waals surface area contributed by atoms with E-state index in [1.54, 1.807) is 12.3 Å². The summed E-state index contributed by atoms with van der Waals surface area (Å²) in [6.45, 7) is 0.689. The molecule has 10 heteroatoms. The summed E-state index contributed by atoms with van der Waals surface area (Å²) in [5.74, 6) is -0.604. The van der Waals surface area contributed by atoms with Crippen LogP contribution in [0.4, 0.5) is 13.2 Å². The summed E-state index contributed by atoms with van der Waals surface area (Å²) in [7, 11) is 1.35. The molecule has 2 aliphatic carbocycles. The van der Waals surface area contributed by atoms with Crippen molar-refractivity contribution in [1.82, 2.24) is 15.1 Å². The fourth-order valence-corrected chi connectivity index (χ4v) is 4.99. The van der Waals surface area contributed by atoms with E-state index < -0.39 is 17.2 Å². The summed E-state index contributed by atoms with van der Waals surface area (Å²) in [6, 6.07) is 6.66. The van der Waals surface area contributed by atoms with E-state index in [9.17, 15) is 27.9 Å². The zero-order valence-corrected chi connectivity index (χ0v) is 19.6. The average molecular weight is 492 g/mol. The molecule has 1 heterocycles. The number of amides is 1. The molecule has 4 rings (SSSR count). The van der Waals surface area contributed by atoms with Crippen LogP contribution in [0.1, 0.15) is 66.9 Å². The molecular weight excluding hydrogens is 463 g/mol. The van der Waals surface area contributed by atoms with E-state index in [2.05, 4.69) is 10.2 Å². The standard InChI is InChI=1S/C25H28F3N3O4/c1-23(34,25(26,27)28)17-5-3-16(4-6-17)21(32)31(19-7-8-19)20-9-12-24(13-10-20,22(33)35-2)18-11-14-29-30-15-18/h3-6,11,14-15,19-20,34H,7-10,12-13H2,1-2H3/t20-,23-,24+/m0/s1. The predicted molar refractivity (Wildman–Crippen MR) is 119 cm³/mol. The third kappa shape index (κ3) is 4.63. The van der Waals surface area contributed by atoms with Crippen LogP contribution in [0, 0.1) is 0 Å². The molecular formula is C25H28F3N3O4. The molecule has 188 valence electrons. The second kappa shape index (κ2) is 9.22. The lowest BCUT2D eigenvalue weighted by Gasteiger charge is -2.42. The molecule has 0 aliphatic heterocycles. The Morgan fingerprint density at radius 2 is 1.63 bits per heavy atom. The Morgan fingerprint density at radius 1 is 1.03 bits per heavy atom. The summed E-state index contributed by atoms with van der Waals surface area (Å²) in [6.07, 6.45) is 2.07. The maximum absolute atomic E-state index is 13.4. The van der Waals surface area contributed by atoms with Gasteiger partial charge in [0.2, 0.25) is 0 Å². The van der Waals surface area contributed by atoms with Crippen molar-refractivity contribution in [2.75, 3.05) is 7.11 Å². The van der Waals surface area contributed by atoms with Crippen molar-refractivity contribution in [1.29, 1.82) is 0 Å². The minimum atomic E-state index is -4.84. The highest BCUT2D eigenvalue weighted by molar-refractivity contribution is 5.95. The first-order valence-electron chi connectivity index (χ1n) is 11.6. The van der Waals surface area contributed by atoms with Crippen LogP contribution >= 0.6 is 0 Å². The molecule has 0 unspecified atom stereocenters. The zero-order chi connectivity index (χ0) is 25.4. The molecule has 1 N–H and O–H groups in total. The molecule has 0 bridgehead atoms. The molecule has 0 spiro atoms. The number of nitrogens with zero attached hydrogens (tertiary/aromatic N) is 3. The number of hydrogen-bond donors (Lipinski definition) is 1. The number of hydrogen-bond acceptors (Lipinski definition) is 6. The molecule has 35 heavy (non-hydrogen) atoms. The van der Waals surface area contributed by atoms with Crippen LogP contribution in [0.25, 0.3) is 0 Å². The lowest BCUT2D eigenvalue weighted by atomic mass is 9.68. The van der Waals surface area contributed by atoms with Crippen molar-refractivity contribution in [2.45, 2.75) is 74.7 Å². The number of ether oxygens (including phenoxy) is 1. The number of halogens is 3. The topological polar surface area (TPSA) is 92.6 Å². The third-order valence-electron chi connectivity index (χ3n) is 7.34. The van der Waals surface area contributed by atoms with E-state index in [1.807, 2.05) is 4.90 Å². The summed E-state index contributed by atoms with van der Waals surface area (Å²) >= 11 is 0. The van der Waals surface area contributed by atoms with Gasteiger partial charge in [0.05, 0.1) is 18.7 Å². The summed E-state index contributed by atoms with van der Waals surface area (Å²) in [5, 5.41) is 17.6. The van der Waals surface area contributed by atoms with Gasteiger partial charge in [-0.25, -0.2) is 0 Å². The van der Waals surface area contributed by atoms with Crippen molar-refractivity contribution < 1.29 is 32.6 Å². The van der Waals surface area contributed by atoms with Crippen molar-refractivity contribution in [3.8, 4) is 0 Å². The van der Waals surface area contributed by atoms with Gasteiger partial charge in [-0.1, -0.05) is 12.1 Å². The van der Waals surface area contributed by atoms with Gasteiger partial charge in [-0.2, -0.15) is 23.4 Å². The Balaban J connectivity index is 1.53. The molecule has 1 aromatic heterocycles. The Kier molecular flexibility index (Phi) is 6.61. The van der Waals surface area contributed by atoms with Crippen LogP contribution < -0.4 is 0 Å². The van der Waals surface area contributed by atoms with E-state index in [0.717, 1.165) is 30.5 Å². The number of carbonyl (C=O) groups excluding carboxylic acids is 2. The van der Waals surface area contributed by atoms with Gasteiger partial charge in [-0.05, 0) is 74.8 Å². The second-order valence-electron chi connectivity index (χ2n) is 9.53. The van der Waals surface area contributed by atoms with Crippen molar-refractivity contribution in [2.24, 2.45) is 0 Å². The number of aromatic nitrogens is 2. The normalized spacial score (nSPS) is 24.3. The molecule has 0 radical (unpaired) electrons. The van der Waals surface area contributed by atoms with Crippen LogP contribution in [0.3, 0.4) is 0 Å². The Bertz CT molecular complexity index is 1060. The molecule has 2 aromatic rings. The number of aliphatic hydroxyl groups is 1. The molecule has 1 atom stereocenters. The van der Waals surface area contributed by atoms with Gasteiger partial charge in [0.15, 0.2) is 5.60 Å². The monoisotopic (exact) mass is 491 g/mol. The van der Waals surface area contributed by atoms with E-state index in [1.165, 1.54) is 25.4 Å². The Labute approximate surface area is 201 Å². The molecule has 2 fully saturated rings.